The predicted octanol–water partition coefficient (Wildman–Crippen LogP) is 1.25. The number of fused-ring (bicyclic) bond motifs is 3. The summed E-state index contributed by atoms with van der Waals surface area (Å²) in [7, 11) is 0. The van der Waals surface area contributed by atoms with Crippen molar-refractivity contribution >= 4 is 17.1 Å². The molecule has 4 heteroatoms. The summed E-state index contributed by atoms with van der Waals surface area (Å²) >= 11 is 1.75. The fourth-order valence-electron chi connectivity index (χ4n) is 2.79. The van der Waals surface area contributed by atoms with Crippen molar-refractivity contribution in [2.45, 2.75) is 18.9 Å². The van der Waals surface area contributed by atoms with Crippen molar-refractivity contribution in [3.63, 3.8) is 0 Å². The second-order valence-corrected chi connectivity index (χ2v) is 5.93. The lowest BCUT2D eigenvalue weighted by Gasteiger charge is -2.46. The molecule has 92 valence electrons. The first-order valence-electron chi connectivity index (χ1n) is 6.34. The van der Waals surface area contributed by atoms with Crippen molar-refractivity contribution in [3.05, 3.63) is 22.4 Å². The van der Waals surface area contributed by atoms with E-state index in [2.05, 4.69) is 27.3 Å². The van der Waals surface area contributed by atoms with E-state index in [9.17, 15) is 4.79 Å². The molecule has 0 amide bonds. The quantitative estimate of drug-likeness (QED) is 0.803. The number of thiophene rings is 1. The molecule has 1 aromatic rings. The summed E-state index contributed by atoms with van der Waals surface area (Å²) in [6.45, 7) is 5.41. The fourth-order valence-corrected chi connectivity index (χ4v) is 3.50. The van der Waals surface area contributed by atoms with Crippen molar-refractivity contribution in [1.29, 1.82) is 0 Å². The third kappa shape index (κ3) is 2.44. The van der Waals surface area contributed by atoms with E-state index in [0.717, 1.165) is 39.1 Å². The summed E-state index contributed by atoms with van der Waals surface area (Å²) in [5.74, 6) is 0.433. The maximum Gasteiger partial charge on any atom is 0.151 e. The average molecular weight is 250 g/mol. The number of Topliss-reactive ketones (excluding diaryl/α,β-unsaturated/α-hetero) is 1. The molecular formula is C13H18N2OS. The van der Waals surface area contributed by atoms with Crippen LogP contribution in [-0.4, -0.2) is 54.3 Å². The van der Waals surface area contributed by atoms with E-state index in [1.165, 1.54) is 4.88 Å². The Morgan fingerprint density at radius 1 is 1.35 bits per heavy atom. The normalized spacial score (nSPS) is 31.6. The highest BCUT2D eigenvalue weighted by Crippen LogP contribution is 2.19. The van der Waals surface area contributed by atoms with Gasteiger partial charge in [0.1, 0.15) is 0 Å². The first kappa shape index (κ1) is 11.4. The molecule has 0 radical (unpaired) electrons. The van der Waals surface area contributed by atoms with E-state index in [1.54, 1.807) is 11.3 Å². The third-order valence-electron chi connectivity index (χ3n) is 3.85. The van der Waals surface area contributed by atoms with Crippen molar-refractivity contribution in [1.82, 2.24) is 9.80 Å². The fraction of sp³-hybridized carbons (Fsp3) is 0.615. The van der Waals surface area contributed by atoms with Gasteiger partial charge in [-0.25, -0.2) is 0 Å². The monoisotopic (exact) mass is 250 g/mol. The van der Waals surface area contributed by atoms with E-state index in [-0.39, 0.29) is 6.04 Å². The lowest BCUT2D eigenvalue weighted by molar-refractivity contribution is -0.129. The van der Waals surface area contributed by atoms with Gasteiger partial charge in [0.25, 0.3) is 0 Å². The summed E-state index contributed by atoms with van der Waals surface area (Å²) in [4.78, 5) is 18.3. The topological polar surface area (TPSA) is 23.6 Å². The van der Waals surface area contributed by atoms with E-state index < -0.39 is 0 Å². The zero-order valence-corrected chi connectivity index (χ0v) is 10.8. The van der Waals surface area contributed by atoms with Crippen LogP contribution in [0.15, 0.2) is 17.5 Å². The first-order chi connectivity index (χ1) is 8.33. The number of hydrogen-bond acceptors (Lipinski definition) is 4. The third-order valence-corrected chi connectivity index (χ3v) is 4.78. The van der Waals surface area contributed by atoms with E-state index in [4.69, 9.17) is 0 Å². The predicted molar refractivity (Wildman–Crippen MR) is 69.4 cm³/mol. The number of nitrogens with zero attached hydrogens (tertiary/aromatic N) is 2. The van der Waals surface area contributed by atoms with E-state index in [1.807, 2.05) is 0 Å². The smallest absolute Gasteiger partial charge is 0.151 e. The van der Waals surface area contributed by atoms with Gasteiger partial charge in [-0.15, -0.1) is 11.3 Å². The maximum absolute atomic E-state index is 12.2. The Morgan fingerprint density at radius 2 is 2.18 bits per heavy atom. The summed E-state index contributed by atoms with van der Waals surface area (Å²) in [5, 5.41) is 2.08. The van der Waals surface area contributed by atoms with Crippen LogP contribution in [0.3, 0.4) is 0 Å². The summed E-state index contributed by atoms with van der Waals surface area (Å²) < 4.78 is 0. The van der Waals surface area contributed by atoms with Crippen LogP contribution in [0.25, 0.3) is 0 Å². The van der Waals surface area contributed by atoms with Gasteiger partial charge in [-0.2, -0.15) is 0 Å². The number of piperazine rings is 3. The van der Waals surface area contributed by atoms with Gasteiger partial charge in [-0.05, 0) is 17.9 Å². The molecule has 4 heterocycles. The molecule has 3 aliphatic rings. The van der Waals surface area contributed by atoms with Crippen molar-refractivity contribution in [2.75, 3.05) is 32.7 Å². The van der Waals surface area contributed by atoms with Crippen LogP contribution in [0.4, 0.5) is 0 Å². The van der Waals surface area contributed by atoms with Crippen LogP contribution in [0.5, 0.6) is 0 Å². The molecular weight excluding hydrogens is 232 g/mol. The Balaban J connectivity index is 1.56. The van der Waals surface area contributed by atoms with Crippen LogP contribution in [0.2, 0.25) is 0 Å². The number of ketones is 1. The molecule has 3 saturated heterocycles. The zero-order valence-electron chi connectivity index (χ0n) is 9.97. The van der Waals surface area contributed by atoms with Crippen LogP contribution < -0.4 is 0 Å². The van der Waals surface area contributed by atoms with Gasteiger partial charge in [-0.3, -0.25) is 14.6 Å². The molecule has 17 heavy (non-hydrogen) atoms. The van der Waals surface area contributed by atoms with Gasteiger partial charge >= 0.3 is 0 Å². The van der Waals surface area contributed by atoms with Crippen LogP contribution >= 0.6 is 11.3 Å². The number of rotatable bonds is 4. The Hall–Kier alpha value is -0.710. The highest BCUT2D eigenvalue weighted by atomic mass is 32.1. The number of carbonyl (C=O) groups excluding carboxylic acids is 1. The minimum Gasteiger partial charge on any atom is -0.299 e. The average Bonchev–Trinajstić information content (AvgIpc) is 2.90. The molecule has 4 rings (SSSR count). The van der Waals surface area contributed by atoms with Gasteiger partial charge < -0.3 is 0 Å². The van der Waals surface area contributed by atoms with Crippen LogP contribution in [0, 0.1) is 0 Å². The van der Waals surface area contributed by atoms with Crippen molar-refractivity contribution < 1.29 is 4.79 Å². The highest BCUT2D eigenvalue weighted by Gasteiger charge is 2.35. The SMILES string of the molecule is O=C(CCc1cccs1)C1CN2CCN1CC2. The molecule has 3 nitrogen and oxygen atoms in total. The van der Waals surface area contributed by atoms with Gasteiger partial charge in [-0.1, -0.05) is 6.07 Å². The largest absolute Gasteiger partial charge is 0.299 e. The number of carbonyl (C=O) groups is 1. The highest BCUT2D eigenvalue weighted by molar-refractivity contribution is 7.09. The maximum atomic E-state index is 12.2. The molecule has 3 fully saturated rings. The standard InChI is InChI=1S/C13H18N2OS/c16-13(4-3-11-2-1-9-17-11)12-10-14-5-7-15(12)8-6-14/h1-2,9,12H,3-8,10H2. The molecule has 2 bridgehead atoms. The van der Waals surface area contributed by atoms with Crippen molar-refractivity contribution in [2.24, 2.45) is 0 Å². The lowest BCUT2D eigenvalue weighted by atomic mass is 10.0. The summed E-state index contributed by atoms with van der Waals surface area (Å²) in [6, 6.07) is 4.36. The van der Waals surface area contributed by atoms with Gasteiger partial charge in [0, 0.05) is 44.0 Å². The Kier molecular flexibility index (Phi) is 3.27. The Bertz CT molecular complexity index is 382. The molecule has 0 saturated carbocycles. The molecule has 1 unspecified atom stereocenters. The van der Waals surface area contributed by atoms with Gasteiger partial charge in [0.05, 0.1) is 6.04 Å². The van der Waals surface area contributed by atoms with Crippen LogP contribution in [-0.2, 0) is 11.2 Å². The van der Waals surface area contributed by atoms with Crippen molar-refractivity contribution in [3.8, 4) is 0 Å². The number of aryl methyl sites for hydroxylation is 1. The Morgan fingerprint density at radius 3 is 2.76 bits per heavy atom. The minimum absolute atomic E-state index is 0.178. The van der Waals surface area contributed by atoms with E-state index >= 15 is 0 Å². The molecule has 0 N–H and O–H groups in total. The molecule has 0 spiro atoms. The molecule has 3 aliphatic heterocycles. The molecule has 0 aromatic carbocycles. The van der Waals surface area contributed by atoms with Gasteiger partial charge in [0.15, 0.2) is 5.78 Å². The number of hydrogen-bond donors (Lipinski definition) is 0. The summed E-state index contributed by atoms with van der Waals surface area (Å²) in [5.41, 5.74) is 0. The Labute approximate surface area is 106 Å². The first-order valence-corrected chi connectivity index (χ1v) is 7.22. The molecule has 1 aromatic heterocycles. The molecule has 1 atom stereocenters. The zero-order chi connectivity index (χ0) is 11.7. The second-order valence-electron chi connectivity index (χ2n) is 4.90. The lowest BCUT2D eigenvalue weighted by Crippen LogP contribution is -2.63. The summed E-state index contributed by atoms with van der Waals surface area (Å²) in [6.07, 6.45) is 1.62. The second kappa shape index (κ2) is 4.88. The minimum atomic E-state index is 0.178. The van der Waals surface area contributed by atoms with E-state index in [0.29, 0.717) is 12.2 Å². The van der Waals surface area contributed by atoms with Gasteiger partial charge in [0.2, 0.25) is 0 Å². The van der Waals surface area contributed by atoms with Crippen LogP contribution in [0.1, 0.15) is 11.3 Å². The molecule has 0 aliphatic carbocycles.